The van der Waals surface area contributed by atoms with Gasteiger partial charge in [0, 0.05) is 17.8 Å². The molecule has 164 valence electrons. The van der Waals surface area contributed by atoms with Crippen molar-refractivity contribution in [1.29, 1.82) is 0 Å². The minimum Gasteiger partial charge on any atom is -0.352 e. The number of H-pyrrole nitrogens is 1. The molecule has 1 aliphatic carbocycles. The van der Waals surface area contributed by atoms with Gasteiger partial charge in [-0.2, -0.15) is 0 Å². The number of pyridine rings is 1. The Bertz CT molecular complexity index is 889. The molecular formula is C24H30FN4O2+. The van der Waals surface area contributed by atoms with E-state index in [1.165, 1.54) is 48.4 Å². The summed E-state index contributed by atoms with van der Waals surface area (Å²) >= 11 is 0. The topological polar surface area (TPSA) is 66.8 Å². The number of anilines is 2. The van der Waals surface area contributed by atoms with E-state index < -0.39 is 0 Å². The number of nitrogens with one attached hydrogen (secondary N) is 2. The molecule has 0 atom stereocenters. The third-order valence-corrected chi connectivity index (χ3v) is 6.15. The van der Waals surface area contributed by atoms with Gasteiger partial charge in [-0.1, -0.05) is 19.3 Å². The number of halogens is 1. The molecule has 31 heavy (non-hydrogen) atoms. The number of hydrogen-bond acceptors (Lipinski definition) is 3. The van der Waals surface area contributed by atoms with Crippen LogP contribution in [0.3, 0.4) is 0 Å². The summed E-state index contributed by atoms with van der Waals surface area (Å²) in [7, 11) is 0. The van der Waals surface area contributed by atoms with Gasteiger partial charge in [-0.15, -0.1) is 0 Å². The molecule has 1 saturated carbocycles. The first-order chi connectivity index (χ1) is 15.1. The Morgan fingerprint density at radius 1 is 1.00 bits per heavy atom. The summed E-state index contributed by atoms with van der Waals surface area (Å²) in [4.78, 5) is 32.9. The molecule has 2 heterocycles. The second kappa shape index (κ2) is 9.90. The Morgan fingerprint density at radius 3 is 2.35 bits per heavy atom. The van der Waals surface area contributed by atoms with Crippen LogP contribution in [-0.4, -0.2) is 37.5 Å². The summed E-state index contributed by atoms with van der Waals surface area (Å²) < 4.78 is 13.4. The highest BCUT2D eigenvalue weighted by Crippen LogP contribution is 2.21. The lowest BCUT2D eigenvalue weighted by Gasteiger charge is -2.26. The quantitative estimate of drug-likeness (QED) is 0.772. The fourth-order valence-electron chi connectivity index (χ4n) is 4.43. The van der Waals surface area contributed by atoms with Gasteiger partial charge in [0.1, 0.15) is 18.6 Å². The minimum absolute atomic E-state index is 0.102. The number of rotatable bonds is 6. The van der Waals surface area contributed by atoms with Gasteiger partial charge < -0.3 is 5.32 Å². The van der Waals surface area contributed by atoms with Gasteiger partial charge in [0.15, 0.2) is 0 Å². The molecule has 4 rings (SSSR count). The van der Waals surface area contributed by atoms with Crippen molar-refractivity contribution in [3.8, 4) is 0 Å². The third-order valence-electron chi connectivity index (χ3n) is 6.15. The molecule has 2 fully saturated rings. The molecule has 1 aliphatic heterocycles. The van der Waals surface area contributed by atoms with Gasteiger partial charge in [-0.3, -0.25) is 19.4 Å². The molecule has 2 amide bonds. The molecule has 0 radical (unpaired) electrons. The molecule has 6 nitrogen and oxygen atoms in total. The van der Waals surface area contributed by atoms with Crippen molar-refractivity contribution in [1.82, 2.24) is 5.32 Å². The van der Waals surface area contributed by atoms with Gasteiger partial charge >= 0.3 is 0 Å². The molecule has 2 aromatic rings. The highest BCUT2D eigenvalue weighted by atomic mass is 19.1. The zero-order valence-electron chi connectivity index (χ0n) is 17.8. The van der Waals surface area contributed by atoms with Crippen molar-refractivity contribution < 1.29 is 19.0 Å². The first-order valence-electron chi connectivity index (χ1n) is 11.2. The SMILES string of the molecule is O=C(CN(C(=O)c1ccc(N2CCCC2)[nH+]c1)c1ccc(F)cc1)NC1CCCCC1. The smallest absolute Gasteiger partial charge is 0.274 e. The number of amides is 2. The highest BCUT2D eigenvalue weighted by molar-refractivity contribution is 6.08. The van der Waals surface area contributed by atoms with Crippen LogP contribution < -0.4 is 20.1 Å². The van der Waals surface area contributed by atoms with E-state index in [-0.39, 0.29) is 30.2 Å². The molecule has 2 aliphatic rings. The fraction of sp³-hybridized carbons (Fsp3) is 0.458. The number of aromatic nitrogens is 1. The zero-order chi connectivity index (χ0) is 21.6. The summed E-state index contributed by atoms with van der Waals surface area (Å²) in [5.74, 6) is 0.111. The van der Waals surface area contributed by atoms with Crippen molar-refractivity contribution >= 4 is 23.3 Å². The van der Waals surface area contributed by atoms with E-state index in [1.807, 2.05) is 6.07 Å². The molecule has 1 aromatic heterocycles. The second-order valence-corrected chi connectivity index (χ2v) is 8.43. The van der Waals surface area contributed by atoms with Gasteiger partial charge in [0.2, 0.25) is 5.91 Å². The largest absolute Gasteiger partial charge is 0.352 e. The first kappa shape index (κ1) is 21.3. The Kier molecular flexibility index (Phi) is 6.79. The van der Waals surface area contributed by atoms with Crippen LogP contribution in [0.1, 0.15) is 55.3 Å². The van der Waals surface area contributed by atoms with Crippen LogP contribution >= 0.6 is 0 Å². The predicted octanol–water partition coefficient (Wildman–Crippen LogP) is 3.34. The van der Waals surface area contributed by atoms with Gasteiger partial charge in [-0.05, 0) is 56.0 Å². The minimum atomic E-state index is -0.383. The molecule has 2 N–H and O–H groups in total. The summed E-state index contributed by atoms with van der Waals surface area (Å²) in [5.41, 5.74) is 0.951. The maximum absolute atomic E-state index is 13.4. The van der Waals surface area contributed by atoms with Gasteiger partial charge in [0.25, 0.3) is 11.7 Å². The van der Waals surface area contributed by atoms with E-state index in [9.17, 15) is 14.0 Å². The van der Waals surface area contributed by atoms with E-state index in [4.69, 9.17) is 0 Å². The Hall–Kier alpha value is -2.96. The molecular weight excluding hydrogens is 395 g/mol. The molecule has 0 spiro atoms. The van der Waals surface area contributed by atoms with E-state index >= 15 is 0 Å². The standard InChI is InChI=1S/C24H29FN4O2/c25-19-9-11-21(12-10-19)29(17-23(30)27-20-6-2-1-3-7-20)24(31)18-8-13-22(26-16-18)28-14-4-5-15-28/h8-13,16,20H,1-7,14-15,17H2,(H,27,30)/p+1. The summed E-state index contributed by atoms with van der Waals surface area (Å²) in [5, 5.41) is 3.06. The number of carbonyl (C=O) groups excluding carboxylic acids is 2. The van der Waals surface area contributed by atoms with Crippen molar-refractivity contribution in [2.75, 3.05) is 29.4 Å². The summed E-state index contributed by atoms with van der Waals surface area (Å²) in [6, 6.07) is 9.52. The van der Waals surface area contributed by atoms with Crippen LogP contribution in [0.4, 0.5) is 15.9 Å². The van der Waals surface area contributed by atoms with Crippen molar-refractivity contribution in [3.63, 3.8) is 0 Å². The first-order valence-corrected chi connectivity index (χ1v) is 11.2. The lowest BCUT2D eigenvalue weighted by atomic mass is 9.95. The predicted molar refractivity (Wildman–Crippen MR) is 118 cm³/mol. The van der Waals surface area contributed by atoms with E-state index in [2.05, 4.69) is 15.2 Å². The summed E-state index contributed by atoms with van der Waals surface area (Å²) in [6.07, 6.45) is 9.41. The Morgan fingerprint density at radius 2 is 1.71 bits per heavy atom. The van der Waals surface area contributed by atoms with Crippen molar-refractivity contribution in [3.05, 3.63) is 54.0 Å². The highest BCUT2D eigenvalue weighted by Gasteiger charge is 2.25. The second-order valence-electron chi connectivity index (χ2n) is 8.43. The van der Waals surface area contributed by atoms with Crippen LogP contribution in [0, 0.1) is 5.82 Å². The lowest BCUT2D eigenvalue weighted by Crippen LogP contribution is -2.45. The van der Waals surface area contributed by atoms with Crippen molar-refractivity contribution in [2.45, 2.75) is 51.0 Å². The maximum atomic E-state index is 13.4. The van der Waals surface area contributed by atoms with Crippen LogP contribution in [0.5, 0.6) is 0 Å². The average Bonchev–Trinajstić information content (AvgIpc) is 3.34. The van der Waals surface area contributed by atoms with E-state index in [0.717, 1.165) is 44.6 Å². The number of hydrogen-bond donors (Lipinski definition) is 1. The lowest BCUT2D eigenvalue weighted by molar-refractivity contribution is -0.364. The molecule has 0 unspecified atom stereocenters. The van der Waals surface area contributed by atoms with Crippen LogP contribution in [0.25, 0.3) is 0 Å². The van der Waals surface area contributed by atoms with E-state index in [1.54, 1.807) is 12.3 Å². The van der Waals surface area contributed by atoms with E-state index in [0.29, 0.717) is 11.3 Å². The molecule has 1 saturated heterocycles. The van der Waals surface area contributed by atoms with Gasteiger partial charge in [-0.25, -0.2) is 9.37 Å². The Labute approximate surface area is 182 Å². The fourth-order valence-corrected chi connectivity index (χ4v) is 4.43. The zero-order valence-corrected chi connectivity index (χ0v) is 17.8. The van der Waals surface area contributed by atoms with Crippen LogP contribution in [-0.2, 0) is 4.79 Å². The van der Waals surface area contributed by atoms with Crippen LogP contribution in [0.2, 0.25) is 0 Å². The normalized spacial score (nSPS) is 16.9. The van der Waals surface area contributed by atoms with Crippen LogP contribution in [0.15, 0.2) is 42.6 Å². The molecule has 1 aromatic carbocycles. The third kappa shape index (κ3) is 5.40. The average molecular weight is 426 g/mol. The molecule has 7 heteroatoms. The van der Waals surface area contributed by atoms with Gasteiger partial charge in [0.05, 0.1) is 18.7 Å². The maximum Gasteiger partial charge on any atom is 0.274 e. The van der Waals surface area contributed by atoms with Crippen molar-refractivity contribution in [2.24, 2.45) is 0 Å². The number of carbonyl (C=O) groups is 2. The Balaban J connectivity index is 1.50. The number of aromatic amines is 1. The number of nitrogens with zero attached hydrogens (tertiary/aromatic N) is 2. The number of benzene rings is 1. The molecule has 0 bridgehead atoms. The summed E-state index contributed by atoms with van der Waals surface area (Å²) in [6.45, 7) is 1.91. The monoisotopic (exact) mass is 425 g/mol.